The summed E-state index contributed by atoms with van der Waals surface area (Å²) in [5.74, 6) is 0.473. The molecule has 2 heterocycles. The number of hydrogen-bond acceptors (Lipinski definition) is 6. The summed E-state index contributed by atoms with van der Waals surface area (Å²) in [6, 6.07) is 1.75. The second kappa shape index (κ2) is 6.24. The monoisotopic (exact) mass is 277 g/mol. The summed E-state index contributed by atoms with van der Waals surface area (Å²) in [6.07, 6.45) is 3.33. The van der Waals surface area contributed by atoms with E-state index in [2.05, 4.69) is 25.6 Å². The van der Waals surface area contributed by atoms with E-state index in [-0.39, 0.29) is 5.91 Å². The summed E-state index contributed by atoms with van der Waals surface area (Å²) in [5, 5.41) is 6.76. The lowest BCUT2D eigenvalue weighted by atomic mass is 10.4. The van der Waals surface area contributed by atoms with Crippen LogP contribution in [0.1, 0.15) is 20.4 Å². The zero-order valence-corrected chi connectivity index (χ0v) is 11.6. The molecule has 0 unspecified atom stereocenters. The van der Waals surface area contributed by atoms with E-state index < -0.39 is 0 Å². The highest BCUT2D eigenvalue weighted by molar-refractivity contribution is 7.13. The number of aryl methyl sites for hydroxylation is 2. The Hall–Kier alpha value is -2.02. The van der Waals surface area contributed by atoms with Crippen molar-refractivity contribution in [3.05, 3.63) is 34.0 Å². The average Bonchev–Trinajstić information content (AvgIpc) is 2.75. The van der Waals surface area contributed by atoms with Gasteiger partial charge in [0.15, 0.2) is 0 Å². The van der Waals surface area contributed by atoms with Crippen LogP contribution in [0.15, 0.2) is 18.5 Å². The number of thiazole rings is 1. The predicted octanol–water partition coefficient (Wildman–Crippen LogP) is 1.39. The fraction of sp³-hybridized carbons (Fsp3) is 0.333. The van der Waals surface area contributed by atoms with Gasteiger partial charge in [0.2, 0.25) is 5.95 Å². The standard InChI is InChI=1S/C12H15N5OS/c1-8-10(19-9(2)17-8)11(18)13-6-7-16-12-14-4-3-5-15-12/h3-5H,6-7H2,1-2H3,(H,13,18)(H,14,15,16). The van der Waals surface area contributed by atoms with Gasteiger partial charge in [-0.2, -0.15) is 0 Å². The number of carbonyl (C=O) groups is 1. The fourth-order valence-electron chi connectivity index (χ4n) is 1.56. The van der Waals surface area contributed by atoms with Crippen LogP contribution in [-0.2, 0) is 0 Å². The maximum absolute atomic E-state index is 11.9. The van der Waals surface area contributed by atoms with Crippen LogP contribution in [0.2, 0.25) is 0 Å². The average molecular weight is 277 g/mol. The second-order valence-electron chi connectivity index (χ2n) is 3.90. The Balaban J connectivity index is 1.77. The summed E-state index contributed by atoms with van der Waals surface area (Å²) in [5.41, 5.74) is 0.777. The number of nitrogens with one attached hydrogen (secondary N) is 2. The van der Waals surface area contributed by atoms with Crippen LogP contribution in [-0.4, -0.2) is 33.9 Å². The third kappa shape index (κ3) is 3.72. The van der Waals surface area contributed by atoms with Gasteiger partial charge in [-0.05, 0) is 19.9 Å². The first-order valence-electron chi connectivity index (χ1n) is 5.90. The molecule has 7 heteroatoms. The number of rotatable bonds is 5. The molecular formula is C12H15N5OS. The molecule has 0 bridgehead atoms. The van der Waals surface area contributed by atoms with Gasteiger partial charge in [-0.15, -0.1) is 11.3 Å². The van der Waals surface area contributed by atoms with Gasteiger partial charge in [-0.3, -0.25) is 4.79 Å². The van der Waals surface area contributed by atoms with E-state index >= 15 is 0 Å². The zero-order valence-electron chi connectivity index (χ0n) is 10.8. The Morgan fingerprint density at radius 3 is 2.63 bits per heavy atom. The highest BCUT2D eigenvalue weighted by Crippen LogP contribution is 2.16. The molecule has 2 rings (SSSR count). The number of nitrogens with zero attached hydrogens (tertiary/aromatic N) is 3. The molecule has 2 N–H and O–H groups in total. The third-order valence-corrected chi connectivity index (χ3v) is 3.44. The lowest BCUT2D eigenvalue weighted by Gasteiger charge is -2.05. The van der Waals surface area contributed by atoms with Crippen molar-refractivity contribution in [1.82, 2.24) is 20.3 Å². The molecule has 0 spiro atoms. The molecule has 6 nitrogen and oxygen atoms in total. The van der Waals surface area contributed by atoms with Crippen molar-refractivity contribution in [2.75, 3.05) is 18.4 Å². The van der Waals surface area contributed by atoms with E-state index in [1.807, 2.05) is 13.8 Å². The molecule has 1 amide bonds. The molecule has 0 radical (unpaired) electrons. The molecule has 100 valence electrons. The number of anilines is 1. The Labute approximate surface area is 115 Å². The van der Waals surface area contributed by atoms with Crippen molar-refractivity contribution >= 4 is 23.2 Å². The first-order valence-corrected chi connectivity index (χ1v) is 6.71. The maximum Gasteiger partial charge on any atom is 0.263 e. The topological polar surface area (TPSA) is 79.8 Å². The summed E-state index contributed by atoms with van der Waals surface area (Å²) in [6.45, 7) is 4.82. The van der Waals surface area contributed by atoms with Gasteiger partial charge >= 0.3 is 0 Å². The Morgan fingerprint density at radius 1 is 1.26 bits per heavy atom. The van der Waals surface area contributed by atoms with E-state index in [1.54, 1.807) is 18.5 Å². The number of aromatic nitrogens is 3. The van der Waals surface area contributed by atoms with Gasteiger partial charge in [0, 0.05) is 25.5 Å². The van der Waals surface area contributed by atoms with E-state index in [1.165, 1.54) is 11.3 Å². The van der Waals surface area contributed by atoms with E-state index in [0.717, 1.165) is 10.7 Å². The minimum absolute atomic E-state index is 0.0844. The Bertz CT molecular complexity index is 555. The number of amides is 1. The first-order chi connectivity index (χ1) is 9.16. The minimum Gasteiger partial charge on any atom is -0.352 e. The van der Waals surface area contributed by atoms with Crippen LogP contribution in [0.5, 0.6) is 0 Å². The van der Waals surface area contributed by atoms with Gasteiger partial charge in [-0.1, -0.05) is 0 Å². The summed E-state index contributed by atoms with van der Waals surface area (Å²) < 4.78 is 0. The van der Waals surface area contributed by atoms with Crippen molar-refractivity contribution in [1.29, 1.82) is 0 Å². The molecule has 0 aliphatic heterocycles. The molecule has 0 atom stereocenters. The van der Waals surface area contributed by atoms with Crippen LogP contribution < -0.4 is 10.6 Å². The molecule has 0 aromatic carbocycles. The van der Waals surface area contributed by atoms with Crippen LogP contribution in [0.4, 0.5) is 5.95 Å². The van der Waals surface area contributed by atoms with Crippen molar-refractivity contribution in [2.24, 2.45) is 0 Å². The SMILES string of the molecule is Cc1nc(C)c(C(=O)NCCNc2ncccn2)s1. The quantitative estimate of drug-likeness (QED) is 0.807. The van der Waals surface area contributed by atoms with E-state index in [9.17, 15) is 4.79 Å². The van der Waals surface area contributed by atoms with Crippen LogP contribution in [0.3, 0.4) is 0 Å². The molecule has 2 aromatic heterocycles. The first kappa shape index (κ1) is 13.4. The molecule has 19 heavy (non-hydrogen) atoms. The van der Waals surface area contributed by atoms with Gasteiger partial charge in [0.05, 0.1) is 10.7 Å². The van der Waals surface area contributed by atoms with Crippen LogP contribution in [0, 0.1) is 13.8 Å². The third-order valence-electron chi connectivity index (χ3n) is 2.37. The Kier molecular flexibility index (Phi) is 4.40. The van der Waals surface area contributed by atoms with Gasteiger partial charge < -0.3 is 10.6 Å². The smallest absolute Gasteiger partial charge is 0.263 e. The summed E-state index contributed by atoms with van der Waals surface area (Å²) >= 11 is 1.41. The highest BCUT2D eigenvalue weighted by atomic mass is 32.1. The molecular weight excluding hydrogens is 262 g/mol. The normalized spacial score (nSPS) is 10.2. The van der Waals surface area contributed by atoms with Gasteiger partial charge in [0.25, 0.3) is 5.91 Å². The van der Waals surface area contributed by atoms with Crippen LogP contribution >= 0.6 is 11.3 Å². The second-order valence-corrected chi connectivity index (χ2v) is 5.11. The summed E-state index contributed by atoms with van der Waals surface area (Å²) in [4.78, 5) is 24.9. The molecule has 0 saturated carbocycles. The summed E-state index contributed by atoms with van der Waals surface area (Å²) in [7, 11) is 0. The van der Waals surface area contributed by atoms with Crippen molar-refractivity contribution < 1.29 is 4.79 Å². The number of hydrogen-bond donors (Lipinski definition) is 2. The van der Waals surface area contributed by atoms with Gasteiger partial charge in [0.1, 0.15) is 4.88 Å². The maximum atomic E-state index is 11.9. The molecule has 0 aliphatic carbocycles. The lowest BCUT2D eigenvalue weighted by Crippen LogP contribution is -2.28. The zero-order chi connectivity index (χ0) is 13.7. The largest absolute Gasteiger partial charge is 0.352 e. The minimum atomic E-state index is -0.0844. The lowest BCUT2D eigenvalue weighted by molar-refractivity contribution is 0.0958. The van der Waals surface area contributed by atoms with E-state index in [4.69, 9.17) is 0 Å². The van der Waals surface area contributed by atoms with Crippen molar-refractivity contribution in [2.45, 2.75) is 13.8 Å². The van der Waals surface area contributed by atoms with Crippen molar-refractivity contribution in [3.8, 4) is 0 Å². The predicted molar refractivity (Wildman–Crippen MR) is 74.4 cm³/mol. The molecule has 0 aliphatic rings. The van der Waals surface area contributed by atoms with E-state index in [0.29, 0.717) is 23.9 Å². The molecule has 0 saturated heterocycles. The highest BCUT2D eigenvalue weighted by Gasteiger charge is 2.12. The van der Waals surface area contributed by atoms with Crippen molar-refractivity contribution in [3.63, 3.8) is 0 Å². The van der Waals surface area contributed by atoms with Crippen LogP contribution in [0.25, 0.3) is 0 Å². The molecule has 2 aromatic rings. The van der Waals surface area contributed by atoms with Gasteiger partial charge in [-0.25, -0.2) is 15.0 Å². The number of carbonyl (C=O) groups excluding carboxylic acids is 1. The molecule has 0 fully saturated rings. The Morgan fingerprint density at radius 2 is 2.00 bits per heavy atom. The fourth-order valence-corrected chi connectivity index (χ4v) is 2.40.